The highest BCUT2D eigenvalue weighted by Gasteiger charge is 2.13. The summed E-state index contributed by atoms with van der Waals surface area (Å²) >= 11 is 12.3. The lowest BCUT2D eigenvalue weighted by molar-refractivity contribution is 1.01. The van der Waals surface area contributed by atoms with Gasteiger partial charge in [0.15, 0.2) is 0 Å². The van der Waals surface area contributed by atoms with Crippen molar-refractivity contribution in [2.45, 2.75) is 19.7 Å². The first-order valence-corrected chi connectivity index (χ1v) is 7.26. The molecule has 0 saturated carbocycles. The maximum atomic E-state index is 6.24. The molecule has 0 aliphatic rings. The molecule has 2 rings (SSSR count). The van der Waals surface area contributed by atoms with E-state index in [4.69, 9.17) is 23.2 Å². The molecule has 0 fully saturated rings. The van der Waals surface area contributed by atoms with Crippen molar-refractivity contribution in [2.75, 3.05) is 11.4 Å². The number of hydrogen-bond donors (Lipinski definition) is 0. The lowest BCUT2D eigenvalue weighted by Crippen LogP contribution is -2.17. The van der Waals surface area contributed by atoms with Crippen LogP contribution in [0.1, 0.15) is 18.1 Å². The standard InChI is InChI=1S/C16H17Cl2N/c1-3-19(13-7-4-6-12(2)10-13)16-9-5-8-15(18)14(16)11-17/h4-10H,3,11H2,1-2H3. The number of aryl methyl sites for hydroxylation is 1. The predicted octanol–water partition coefficient (Wildman–Crippen LogP) is 5.55. The van der Waals surface area contributed by atoms with E-state index >= 15 is 0 Å². The molecule has 0 atom stereocenters. The summed E-state index contributed by atoms with van der Waals surface area (Å²) in [6, 6.07) is 14.3. The van der Waals surface area contributed by atoms with Crippen LogP contribution in [0.5, 0.6) is 0 Å². The fourth-order valence-electron chi connectivity index (χ4n) is 2.22. The van der Waals surface area contributed by atoms with E-state index in [1.54, 1.807) is 0 Å². The zero-order valence-corrected chi connectivity index (χ0v) is 12.7. The van der Waals surface area contributed by atoms with Gasteiger partial charge in [-0.15, -0.1) is 11.6 Å². The Morgan fingerprint density at radius 1 is 1.11 bits per heavy atom. The third kappa shape index (κ3) is 3.05. The van der Waals surface area contributed by atoms with Gasteiger partial charge in [0.2, 0.25) is 0 Å². The summed E-state index contributed by atoms with van der Waals surface area (Å²) in [5.74, 6) is 0.414. The summed E-state index contributed by atoms with van der Waals surface area (Å²) < 4.78 is 0. The molecule has 0 saturated heterocycles. The Hall–Kier alpha value is -1.18. The fourth-order valence-corrected chi connectivity index (χ4v) is 2.81. The molecule has 0 N–H and O–H groups in total. The molecule has 3 heteroatoms. The third-order valence-corrected chi connectivity index (χ3v) is 3.77. The zero-order chi connectivity index (χ0) is 13.8. The Balaban J connectivity index is 2.51. The Morgan fingerprint density at radius 3 is 2.47 bits per heavy atom. The first kappa shape index (κ1) is 14.2. The van der Waals surface area contributed by atoms with Crippen LogP contribution in [-0.2, 0) is 5.88 Å². The van der Waals surface area contributed by atoms with Crippen LogP contribution in [0.3, 0.4) is 0 Å². The van der Waals surface area contributed by atoms with Crippen LogP contribution in [0.4, 0.5) is 11.4 Å². The quantitative estimate of drug-likeness (QED) is 0.669. The van der Waals surface area contributed by atoms with E-state index in [1.807, 2.05) is 12.1 Å². The second kappa shape index (κ2) is 6.31. The summed E-state index contributed by atoms with van der Waals surface area (Å²) in [5.41, 5.74) is 4.46. The SMILES string of the molecule is CCN(c1cccc(C)c1)c1cccc(Cl)c1CCl. The predicted molar refractivity (Wildman–Crippen MR) is 84.9 cm³/mol. The highest BCUT2D eigenvalue weighted by atomic mass is 35.5. The maximum Gasteiger partial charge on any atom is 0.0509 e. The number of anilines is 2. The van der Waals surface area contributed by atoms with Crippen LogP contribution in [0.2, 0.25) is 5.02 Å². The van der Waals surface area contributed by atoms with Gasteiger partial charge in [-0.3, -0.25) is 0 Å². The Labute approximate surface area is 124 Å². The highest BCUT2D eigenvalue weighted by molar-refractivity contribution is 6.32. The molecule has 2 aromatic carbocycles. The first-order valence-electron chi connectivity index (χ1n) is 6.35. The van der Waals surface area contributed by atoms with Crippen LogP contribution in [0, 0.1) is 6.92 Å². The average Bonchev–Trinajstić information content (AvgIpc) is 2.40. The maximum absolute atomic E-state index is 6.24. The Morgan fingerprint density at radius 2 is 1.84 bits per heavy atom. The van der Waals surface area contributed by atoms with E-state index in [0.29, 0.717) is 5.88 Å². The van der Waals surface area contributed by atoms with Gasteiger partial charge in [0.05, 0.1) is 5.88 Å². The molecule has 0 aromatic heterocycles. The van der Waals surface area contributed by atoms with E-state index < -0.39 is 0 Å². The molecule has 19 heavy (non-hydrogen) atoms. The molecular weight excluding hydrogens is 277 g/mol. The Kier molecular flexibility index (Phi) is 4.73. The lowest BCUT2D eigenvalue weighted by Gasteiger charge is -2.26. The van der Waals surface area contributed by atoms with Crippen LogP contribution in [0.25, 0.3) is 0 Å². The molecule has 0 bridgehead atoms. The second-order valence-corrected chi connectivity index (χ2v) is 5.13. The van der Waals surface area contributed by atoms with Crippen molar-refractivity contribution in [3.05, 3.63) is 58.6 Å². The summed E-state index contributed by atoms with van der Waals surface area (Å²) in [6.45, 7) is 5.09. The molecule has 0 aliphatic carbocycles. The van der Waals surface area contributed by atoms with E-state index in [1.165, 1.54) is 5.56 Å². The summed E-state index contributed by atoms with van der Waals surface area (Å²) in [7, 11) is 0. The number of nitrogens with zero attached hydrogens (tertiary/aromatic N) is 1. The smallest absolute Gasteiger partial charge is 0.0509 e. The summed E-state index contributed by atoms with van der Waals surface area (Å²) in [4.78, 5) is 2.23. The minimum absolute atomic E-state index is 0.414. The van der Waals surface area contributed by atoms with Crippen molar-refractivity contribution in [3.8, 4) is 0 Å². The topological polar surface area (TPSA) is 3.24 Å². The van der Waals surface area contributed by atoms with Crippen molar-refractivity contribution in [1.29, 1.82) is 0 Å². The molecule has 0 amide bonds. The molecular formula is C16H17Cl2N. The van der Waals surface area contributed by atoms with Gasteiger partial charge in [0.25, 0.3) is 0 Å². The molecule has 2 aromatic rings. The Bertz CT molecular complexity index is 566. The molecule has 0 heterocycles. The van der Waals surface area contributed by atoms with Gasteiger partial charge in [0.1, 0.15) is 0 Å². The first-order chi connectivity index (χ1) is 9.17. The number of alkyl halides is 1. The second-order valence-electron chi connectivity index (χ2n) is 4.45. The van der Waals surface area contributed by atoms with Gasteiger partial charge < -0.3 is 4.90 Å². The summed E-state index contributed by atoms with van der Waals surface area (Å²) in [5, 5.41) is 0.721. The number of benzene rings is 2. The van der Waals surface area contributed by atoms with Crippen molar-refractivity contribution in [1.82, 2.24) is 0 Å². The molecule has 100 valence electrons. The van der Waals surface area contributed by atoms with Gasteiger partial charge >= 0.3 is 0 Å². The molecule has 0 spiro atoms. The van der Waals surface area contributed by atoms with Crippen LogP contribution < -0.4 is 4.90 Å². The minimum Gasteiger partial charge on any atom is -0.341 e. The van der Waals surface area contributed by atoms with Crippen molar-refractivity contribution >= 4 is 34.6 Å². The highest BCUT2D eigenvalue weighted by Crippen LogP contribution is 2.33. The third-order valence-electron chi connectivity index (χ3n) is 3.15. The van der Waals surface area contributed by atoms with Gasteiger partial charge in [-0.1, -0.05) is 29.8 Å². The van der Waals surface area contributed by atoms with E-state index in [2.05, 4.69) is 49.1 Å². The van der Waals surface area contributed by atoms with Gasteiger partial charge in [-0.05, 0) is 43.7 Å². The fraction of sp³-hybridized carbons (Fsp3) is 0.250. The van der Waals surface area contributed by atoms with Gasteiger partial charge in [0, 0.05) is 28.5 Å². The minimum atomic E-state index is 0.414. The monoisotopic (exact) mass is 293 g/mol. The van der Waals surface area contributed by atoms with Crippen LogP contribution in [0.15, 0.2) is 42.5 Å². The van der Waals surface area contributed by atoms with Gasteiger partial charge in [-0.25, -0.2) is 0 Å². The summed E-state index contributed by atoms with van der Waals surface area (Å²) in [6.07, 6.45) is 0. The lowest BCUT2D eigenvalue weighted by atomic mass is 10.1. The van der Waals surface area contributed by atoms with Crippen molar-refractivity contribution < 1.29 is 0 Å². The zero-order valence-electron chi connectivity index (χ0n) is 11.2. The van der Waals surface area contributed by atoms with Crippen molar-refractivity contribution in [2.24, 2.45) is 0 Å². The van der Waals surface area contributed by atoms with E-state index in [9.17, 15) is 0 Å². The van der Waals surface area contributed by atoms with Crippen LogP contribution in [-0.4, -0.2) is 6.54 Å². The van der Waals surface area contributed by atoms with Gasteiger partial charge in [-0.2, -0.15) is 0 Å². The number of halogens is 2. The van der Waals surface area contributed by atoms with E-state index in [-0.39, 0.29) is 0 Å². The molecule has 0 radical (unpaired) electrons. The molecule has 1 nitrogen and oxygen atoms in total. The molecule has 0 aliphatic heterocycles. The number of hydrogen-bond acceptors (Lipinski definition) is 1. The van der Waals surface area contributed by atoms with Crippen LogP contribution >= 0.6 is 23.2 Å². The molecule has 0 unspecified atom stereocenters. The van der Waals surface area contributed by atoms with Crippen molar-refractivity contribution in [3.63, 3.8) is 0 Å². The average molecular weight is 294 g/mol. The normalized spacial score (nSPS) is 10.5. The largest absolute Gasteiger partial charge is 0.341 e. The van der Waals surface area contributed by atoms with E-state index in [0.717, 1.165) is 28.5 Å². The number of rotatable bonds is 4.